The maximum Gasteiger partial charge on any atom is 0.337 e. The number of carbonyl (C=O) groups excluding carboxylic acids is 2. The Morgan fingerprint density at radius 3 is 2.95 bits per heavy atom. The van der Waals surface area contributed by atoms with Crippen LogP contribution in [0.4, 0.5) is 4.79 Å². The number of esters is 1. The molecule has 7 nitrogen and oxygen atoms in total. The molecule has 0 radical (unpaired) electrons. The third-order valence-corrected chi connectivity index (χ3v) is 4.71. The van der Waals surface area contributed by atoms with Gasteiger partial charge in [-0.1, -0.05) is 30.0 Å². The minimum atomic E-state index is -0.398. The fourth-order valence-corrected chi connectivity index (χ4v) is 3.39. The Hall–Kier alpha value is -1.61. The Morgan fingerprint density at radius 1 is 1.52 bits per heavy atom. The Bertz CT molecular complexity index is 545. The van der Waals surface area contributed by atoms with Gasteiger partial charge in [0.15, 0.2) is 4.34 Å². The van der Waals surface area contributed by atoms with E-state index in [0.717, 1.165) is 4.34 Å². The molecule has 1 aromatic heterocycles. The van der Waals surface area contributed by atoms with Crippen molar-refractivity contribution >= 4 is 35.1 Å². The van der Waals surface area contributed by atoms with Gasteiger partial charge in [0, 0.05) is 11.4 Å². The number of rotatable bonds is 6. The van der Waals surface area contributed by atoms with E-state index in [4.69, 9.17) is 4.74 Å². The van der Waals surface area contributed by atoms with Gasteiger partial charge in [-0.25, -0.2) is 9.59 Å². The van der Waals surface area contributed by atoms with Crippen LogP contribution in [0, 0.1) is 0 Å². The van der Waals surface area contributed by atoms with Gasteiger partial charge < -0.3 is 15.4 Å². The van der Waals surface area contributed by atoms with Crippen molar-refractivity contribution in [3.63, 3.8) is 0 Å². The summed E-state index contributed by atoms with van der Waals surface area (Å²) in [5, 5.41) is 13.1. The van der Waals surface area contributed by atoms with Gasteiger partial charge in [0.2, 0.25) is 0 Å². The average molecular weight is 328 g/mol. The number of carbonyl (C=O) groups is 2. The van der Waals surface area contributed by atoms with Crippen molar-refractivity contribution in [2.24, 2.45) is 0 Å². The molecule has 0 aromatic carbocycles. The minimum Gasteiger partial charge on any atom is -0.463 e. The summed E-state index contributed by atoms with van der Waals surface area (Å²) < 4.78 is 5.88. The average Bonchev–Trinajstić information content (AvgIpc) is 2.97. The second-order valence-corrected chi connectivity index (χ2v) is 6.22. The van der Waals surface area contributed by atoms with Crippen molar-refractivity contribution in [3.05, 3.63) is 16.8 Å². The van der Waals surface area contributed by atoms with E-state index in [0.29, 0.717) is 30.1 Å². The number of urea groups is 1. The lowest BCUT2D eigenvalue weighted by Gasteiger charge is -2.28. The zero-order valence-electron chi connectivity index (χ0n) is 11.7. The fraction of sp³-hybridized carbons (Fsp3) is 0.500. The van der Waals surface area contributed by atoms with Crippen molar-refractivity contribution in [1.29, 1.82) is 0 Å². The topological polar surface area (TPSA) is 93.2 Å². The SMILES string of the molecule is CCOC(=O)C1=C(CSc2nncs2)NC(=O)N[C@H]1CC. The first-order valence-corrected chi connectivity index (χ1v) is 8.38. The summed E-state index contributed by atoms with van der Waals surface area (Å²) in [5.74, 6) is 0.0393. The van der Waals surface area contributed by atoms with Crippen LogP contribution >= 0.6 is 23.1 Å². The van der Waals surface area contributed by atoms with E-state index in [-0.39, 0.29) is 12.1 Å². The summed E-state index contributed by atoms with van der Waals surface area (Å²) in [4.78, 5) is 23.8. The van der Waals surface area contributed by atoms with Crippen molar-refractivity contribution < 1.29 is 14.3 Å². The van der Waals surface area contributed by atoms with Gasteiger partial charge >= 0.3 is 12.0 Å². The predicted octanol–water partition coefficient (Wildman–Crippen LogP) is 1.54. The van der Waals surface area contributed by atoms with Gasteiger partial charge in [-0.2, -0.15) is 0 Å². The summed E-state index contributed by atoms with van der Waals surface area (Å²) >= 11 is 2.84. The normalized spacial score (nSPS) is 18.2. The van der Waals surface area contributed by atoms with Crippen LogP contribution in [0.3, 0.4) is 0 Å². The number of nitrogens with one attached hydrogen (secondary N) is 2. The molecule has 2 N–H and O–H groups in total. The van der Waals surface area contributed by atoms with Crippen LogP contribution in [0.1, 0.15) is 20.3 Å². The molecule has 9 heteroatoms. The largest absolute Gasteiger partial charge is 0.463 e. The van der Waals surface area contributed by atoms with Crippen molar-refractivity contribution in [2.45, 2.75) is 30.6 Å². The van der Waals surface area contributed by atoms with Gasteiger partial charge in [0.25, 0.3) is 0 Å². The second kappa shape index (κ2) is 7.41. The summed E-state index contributed by atoms with van der Waals surface area (Å²) in [5.41, 5.74) is 2.69. The molecular weight excluding hydrogens is 312 g/mol. The summed E-state index contributed by atoms with van der Waals surface area (Å²) in [7, 11) is 0. The van der Waals surface area contributed by atoms with E-state index in [1.54, 1.807) is 12.4 Å². The molecule has 1 aromatic rings. The van der Waals surface area contributed by atoms with E-state index in [9.17, 15) is 9.59 Å². The Morgan fingerprint density at radius 2 is 2.33 bits per heavy atom. The van der Waals surface area contributed by atoms with Crippen LogP contribution in [-0.4, -0.2) is 40.6 Å². The fourth-order valence-electron chi connectivity index (χ4n) is 1.94. The van der Waals surface area contributed by atoms with E-state index in [2.05, 4.69) is 20.8 Å². The first-order chi connectivity index (χ1) is 10.2. The number of hydrogen-bond acceptors (Lipinski definition) is 7. The highest BCUT2D eigenvalue weighted by Gasteiger charge is 2.31. The number of nitrogens with zero attached hydrogens (tertiary/aromatic N) is 2. The molecule has 2 heterocycles. The van der Waals surface area contributed by atoms with Crippen LogP contribution < -0.4 is 10.6 Å². The molecule has 0 saturated carbocycles. The number of amides is 2. The third kappa shape index (κ3) is 3.94. The molecule has 0 unspecified atom stereocenters. The lowest BCUT2D eigenvalue weighted by atomic mass is 10.0. The quantitative estimate of drug-likeness (QED) is 0.608. The van der Waals surface area contributed by atoms with Crippen LogP contribution in [0.5, 0.6) is 0 Å². The second-order valence-electron chi connectivity index (χ2n) is 4.17. The third-order valence-electron chi connectivity index (χ3n) is 2.83. The summed E-state index contributed by atoms with van der Waals surface area (Å²) in [6.45, 7) is 3.96. The molecule has 2 amide bonds. The van der Waals surface area contributed by atoms with Crippen molar-refractivity contribution in [3.8, 4) is 0 Å². The zero-order valence-corrected chi connectivity index (χ0v) is 13.3. The van der Waals surface area contributed by atoms with Gasteiger partial charge in [0.1, 0.15) is 5.51 Å². The van der Waals surface area contributed by atoms with Crippen molar-refractivity contribution in [2.75, 3.05) is 12.4 Å². The monoisotopic (exact) mass is 328 g/mol. The van der Waals surface area contributed by atoms with Gasteiger partial charge in [-0.3, -0.25) is 0 Å². The molecule has 1 aliphatic heterocycles. The molecule has 1 atom stereocenters. The number of aromatic nitrogens is 2. The van der Waals surface area contributed by atoms with Crippen LogP contribution in [0.2, 0.25) is 0 Å². The zero-order chi connectivity index (χ0) is 15.2. The maximum absolute atomic E-state index is 12.1. The molecule has 1 aliphatic rings. The minimum absolute atomic E-state index is 0.295. The number of ether oxygens (including phenoxy) is 1. The van der Waals surface area contributed by atoms with Crippen LogP contribution in [0.25, 0.3) is 0 Å². The Labute approximate surface area is 130 Å². The number of thioether (sulfide) groups is 1. The Balaban J connectivity index is 2.22. The lowest BCUT2D eigenvalue weighted by molar-refractivity contribution is -0.139. The first kappa shape index (κ1) is 15.8. The molecule has 0 fully saturated rings. The first-order valence-electron chi connectivity index (χ1n) is 6.52. The Kier molecular flexibility index (Phi) is 5.57. The van der Waals surface area contributed by atoms with E-state index in [1.807, 2.05) is 6.92 Å². The van der Waals surface area contributed by atoms with Gasteiger partial charge in [-0.05, 0) is 13.3 Å². The molecule has 114 valence electrons. The van der Waals surface area contributed by atoms with Gasteiger partial charge in [0.05, 0.1) is 18.2 Å². The summed E-state index contributed by atoms with van der Waals surface area (Å²) in [6, 6.07) is -0.634. The number of hydrogen-bond donors (Lipinski definition) is 2. The van der Waals surface area contributed by atoms with Crippen LogP contribution in [-0.2, 0) is 9.53 Å². The highest BCUT2D eigenvalue weighted by atomic mass is 32.2. The van der Waals surface area contributed by atoms with E-state index in [1.165, 1.54) is 23.1 Å². The molecule has 2 rings (SSSR count). The lowest BCUT2D eigenvalue weighted by Crippen LogP contribution is -2.50. The van der Waals surface area contributed by atoms with Crippen molar-refractivity contribution in [1.82, 2.24) is 20.8 Å². The van der Waals surface area contributed by atoms with Gasteiger partial charge in [-0.15, -0.1) is 10.2 Å². The highest BCUT2D eigenvalue weighted by Crippen LogP contribution is 2.25. The molecule has 0 saturated heterocycles. The van der Waals surface area contributed by atoms with E-state index >= 15 is 0 Å². The molecule has 21 heavy (non-hydrogen) atoms. The predicted molar refractivity (Wildman–Crippen MR) is 80.0 cm³/mol. The molecular formula is C12H16N4O3S2. The standard InChI is InChI=1S/C12H16N4O3S2/c1-3-7-9(10(17)19-4-2)8(15-11(18)14-7)5-20-12-16-13-6-21-12/h6-7H,3-5H2,1-2H3,(H2,14,15,18)/t7-/m0/s1. The van der Waals surface area contributed by atoms with E-state index < -0.39 is 5.97 Å². The highest BCUT2D eigenvalue weighted by molar-refractivity contribution is 8.01. The van der Waals surface area contributed by atoms with Crippen LogP contribution in [0.15, 0.2) is 21.1 Å². The molecule has 0 aliphatic carbocycles. The molecule has 0 spiro atoms. The smallest absolute Gasteiger partial charge is 0.337 e. The molecule has 0 bridgehead atoms. The maximum atomic E-state index is 12.1. The summed E-state index contributed by atoms with van der Waals surface area (Å²) in [6.07, 6.45) is 0.620.